The van der Waals surface area contributed by atoms with Crippen LogP contribution in [0.5, 0.6) is 0 Å². The van der Waals surface area contributed by atoms with E-state index in [4.69, 9.17) is 0 Å². The predicted molar refractivity (Wildman–Crippen MR) is 64.3 cm³/mol. The number of carbonyl (C=O) groups is 1. The molecule has 2 rings (SSSR count). The molecule has 1 aromatic carbocycles. The van der Waals surface area contributed by atoms with Gasteiger partial charge in [-0.15, -0.1) is 0 Å². The van der Waals surface area contributed by atoms with Gasteiger partial charge in [-0.1, -0.05) is 0 Å². The highest BCUT2D eigenvalue weighted by molar-refractivity contribution is 7.99. The number of urea groups is 1. The number of carbonyl (C=O) groups excluding carboxylic acids is 1. The lowest BCUT2D eigenvalue weighted by atomic mass is 10.3. The fourth-order valence-electron chi connectivity index (χ4n) is 1.54. The number of hydrogen-bond acceptors (Lipinski definition) is 2. The molecule has 0 bridgehead atoms. The molecule has 1 aliphatic heterocycles. The van der Waals surface area contributed by atoms with E-state index >= 15 is 0 Å². The summed E-state index contributed by atoms with van der Waals surface area (Å²) in [6.07, 6.45) is 0. The second-order valence-corrected chi connectivity index (χ2v) is 4.88. The normalized spacial score (nSPS) is 15.8. The van der Waals surface area contributed by atoms with Crippen LogP contribution >= 0.6 is 11.8 Å². The first-order chi connectivity index (χ1) is 8.16. The molecule has 1 aromatic rings. The Morgan fingerprint density at radius 2 is 1.94 bits per heavy atom. The van der Waals surface area contributed by atoms with Crippen molar-refractivity contribution in [1.29, 1.82) is 0 Å². The van der Waals surface area contributed by atoms with Crippen LogP contribution in [-0.2, 0) is 0 Å². The van der Waals surface area contributed by atoms with Crippen LogP contribution in [0.3, 0.4) is 0 Å². The first-order valence-corrected chi connectivity index (χ1v) is 6.41. The van der Waals surface area contributed by atoms with Gasteiger partial charge in [0.25, 0.3) is 0 Å². The van der Waals surface area contributed by atoms with Gasteiger partial charge in [-0.3, -0.25) is 0 Å². The van der Waals surface area contributed by atoms with Gasteiger partial charge in [-0.25, -0.2) is 13.6 Å². The van der Waals surface area contributed by atoms with Crippen LogP contribution in [0, 0.1) is 11.6 Å². The Balaban J connectivity index is 1.99. The molecule has 2 amide bonds. The monoisotopic (exact) mass is 258 g/mol. The summed E-state index contributed by atoms with van der Waals surface area (Å²) in [6, 6.07) is 3.05. The quantitative estimate of drug-likeness (QED) is 0.839. The minimum Gasteiger partial charge on any atom is -0.323 e. The fraction of sp³-hybridized carbons (Fsp3) is 0.364. The average molecular weight is 258 g/mol. The Morgan fingerprint density at radius 3 is 2.59 bits per heavy atom. The van der Waals surface area contributed by atoms with Crippen LogP contribution in [0.1, 0.15) is 0 Å². The largest absolute Gasteiger partial charge is 0.323 e. The topological polar surface area (TPSA) is 32.3 Å². The van der Waals surface area contributed by atoms with E-state index in [1.54, 1.807) is 16.7 Å². The smallest absolute Gasteiger partial charge is 0.321 e. The van der Waals surface area contributed by atoms with E-state index in [0.717, 1.165) is 23.6 Å². The van der Waals surface area contributed by atoms with Crippen LogP contribution in [0.25, 0.3) is 0 Å². The maximum atomic E-state index is 12.9. The number of benzene rings is 1. The second kappa shape index (κ2) is 5.35. The number of nitrogens with zero attached hydrogens (tertiary/aromatic N) is 1. The maximum absolute atomic E-state index is 12.9. The first-order valence-electron chi connectivity index (χ1n) is 5.25. The molecule has 0 aromatic heterocycles. The lowest BCUT2D eigenvalue weighted by Gasteiger charge is -2.26. The van der Waals surface area contributed by atoms with Crippen LogP contribution in [-0.4, -0.2) is 35.5 Å². The van der Waals surface area contributed by atoms with Gasteiger partial charge in [0.1, 0.15) is 0 Å². The van der Waals surface area contributed by atoms with Crippen LogP contribution in [0.4, 0.5) is 19.3 Å². The molecule has 0 saturated carbocycles. The number of nitrogens with one attached hydrogen (secondary N) is 1. The Labute approximate surface area is 102 Å². The van der Waals surface area contributed by atoms with Gasteiger partial charge in [0.2, 0.25) is 0 Å². The van der Waals surface area contributed by atoms with Crippen molar-refractivity contribution in [3.63, 3.8) is 0 Å². The molecule has 0 spiro atoms. The second-order valence-electron chi connectivity index (χ2n) is 3.66. The molecule has 1 aliphatic rings. The number of amides is 2. The van der Waals surface area contributed by atoms with Crippen molar-refractivity contribution in [3.8, 4) is 0 Å². The lowest BCUT2D eigenvalue weighted by Crippen LogP contribution is -2.40. The number of halogens is 2. The fourth-order valence-corrected chi connectivity index (χ4v) is 2.45. The molecule has 1 heterocycles. The number of anilines is 1. The van der Waals surface area contributed by atoms with Crippen molar-refractivity contribution >= 4 is 23.5 Å². The molecular weight excluding hydrogens is 246 g/mol. The minimum absolute atomic E-state index is 0.267. The van der Waals surface area contributed by atoms with Gasteiger partial charge in [0, 0.05) is 36.3 Å². The van der Waals surface area contributed by atoms with Crippen molar-refractivity contribution in [3.05, 3.63) is 29.8 Å². The molecule has 1 N–H and O–H groups in total. The van der Waals surface area contributed by atoms with Crippen LogP contribution in [0.15, 0.2) is 18.2 Å². The first kappa shape index (κ1) is 12.2. The summed E-state index contributed by atoms with van der Waals surface area (Å²) >= 11 is 1.80. The van der Waals surface area contributed by atoms with E-state index in [2.05, 4.69) is 5.32 Å². The summed E-state index contributed by atoms with van der Waals surface area (Å²) in [4.78, 5) is 13.4. The minimum atomic E-state index is -0.961. The van der Waals surface area contributed by atoms with Gasteiger partial charge in [-0.2, -0.15) is 11.8 Å². The Morgan fingerprint density at radius 1 is 1.24 bits per heavy atom. The van der Waals surface area contributed by atoms with Gasteiger partial charge >= 0.3 is 6.03 Å². The van der Waals surface area contributed by atoms with Crippen molar-refractivity contribution in [2.24, 2.45) is 0 Å². The van der Waals surface area contributed by atoms with E-state index in [9.17, 15) is 13.6 Å². The summed E-state index contributed by atoms with van der Waals surface area (Å²) < 4.78 is 25.6. The van der Waals surface area contributed by atoms with Crippen LogP contribution < -0.4 is 5.32 Å². The molecule has 0 atom stereocenters. The van der Waals surface area contributed by atoms with E-state index in [0.29, 0.717) is 13.1 Å². The van der Waals surface area contributed by atoms with Crippen molar-refractivity contribution < 1.29 is 13.6 Å². The van der Waals surface area contributed by atoms with Crippen LogP contribution in [0.2, 0.25) is 0 Å². The predicted octanol–water partition coefficient (Wildman–Crippen LogP) is 2.55. The van der Waals surface area contributed by atoms with Gasteiger partial charge in [0.15, 0.2) is 11.6 Å². The van der Waals surface area contributed by atoms with Gasteiger partial charge < -0.3 is 10.2 Å². The molecule has 17 heavy (non-hydrogen) atoms. The number of rotatable bonds is 1. The number of hydrogen-bond donors (Lipinski definition) is 1. The Bertz CT molecular complexity index is 422. The van der Waals surface area contributed by atoms with Crippen molar-refractivity contribution in [2.45, 2.75) is 0 Å². The zero-order chi connectivity index (χ0) is 12.3. The average Bonchev–Trinajstić information content (AvgIpc) is 2.35. The lowest BCUT2D eigenvalue weighted by molar-refractivity contribution is 0.217. The molecule has 0 unspecified atom stereocenters. The molecule has 0 radical (unpaired) electrons. The van der Waals surface area contributed by atoms with E-state index in [1.165, 1.54) is 6.07 Å². The molecule has 6 heteroatoms. The third kappa shape index (κ3) is 3.09. The highest BCUT2D eigenvalue weighted by Gasteiger charge is 2.16. The van der Waals surface area contributed by atoms with Crippen molar-refractivity contribution in [2.75, 3.05) is 29.9 Å². The Hall–Kier alpha value is -1.30. The van der Waals surface area contributed by atoms with E-state index < -0.39 is 11.6 Å². The standard InChI is InChI=1S/C11H12F2N2OS/c12-9-2-1-8(7-10(9)13)14-11(16)15-3-5-17-6-4-15/h1-2,7H,3-6H2,(H,14,16). The van der Waals surface area contributed by atoms with E-state index in [-0.39, 0.29) is 11.7 Å². The summed E-state index contributed by atoms with van der Waals surface area (Å²) in [7, 11) is 0. The highest BCUT2D eigenvalue weighted by atomic mass is 32.2. The molecule has 3 nitrogen and oxygen atoms in total. The third-order valence-corrected chi connectivity index (χ3v) is 3.41. The van der Waals surface area contributed by atoms with Gasteiger partial charge in [0.05, 0.1) is 0 Å². The molecular formula is C11H12F2N2OS. The number of thioether (sulfide) groups is 1. The summed E-state index contributed by atoms with van der Waals surface area (Å²) in [6.45, 7) is 1.36. The summed E-state index contributed by atoms with van der Waals surface area (Å²) in [5.74, 6) is -0.0643. The molecule has 0 aliphatic carbocycles. The van der Waals surface area contributed by atoms with E-state index in [1.807, 2.05) is 0 Å². The summed E-state index contributed by atoms with van der Waals surface area (Å²) in [5.41, 5.74) is 0.270. The third-order valence-electron chi connectivity index (χ3n) is 2.47. The van der Waals surface area contributed by atoms with Gasteiger partial charge in [-0.05, 0) is 12.1 Å². The zero-order valence-electron chi connectivity index (χ0n) is 9.08. The Kier molecular flexibility index (Phi) is 3.83. The highest BCUT2D eigenvalue weighted by Crippen LogP contribution is 2.15. The molecule has 1 saturated heterocycles. The molecule has 1 fully saturated rings. The zero-order valence-corrected chi connectivity index (χ0v) is 9.90. The maximum Gasteiger partial charge on any atom is 0.321 e. The SMILES string of the molecule is O=C(Nc1ccc(F)c(F)c1)N1CCSCC1. The summed E-state index contributed by atoms with van der Waals surface area (Å²) in [5, 5.41) is 2.55. The van der Waals surface area contributed by atoms with Crippen molar-refractivity contribution in [1.82, 2.24) is 4.90 Å². The molecule has 92 valence electrons.